The van der Waals surface area contributed by atoms with Gasteiger partial charge in [-0.1, -0.05) is 40.9 Å². The Hall–Kier alpha value is -1.95. The van der Waals surface area contributed by atoms with Gasteiger partial charge in [0.25, 0.3) is 5.91 Å². The van der Waals surface area contributed by atoms with Crippen molar-refractivity contribution < 1.29 is 19.1 Å². The third-order valence-corrected chi connectivity index (χ3v) is 4.06. The van der Waals surface area contributed by atoms with E-state index >= 15 is 0 Å². The Morgan fingerprint density at radius 1 is 1.08 bits per heavy atom. The van der Waals surface area contributed by atoms with Crippen LogP contribution in [0.25, 0.3) is 0 Å². The predicted molar refractivity (Wildman–Crippen MR) is 93.4 cm³/mol. The van der Waals surface area contributed by atoms with E-state index in [4.69, 9.17) is 44.3 Å². The molecule has 2 rings (SSSR count). The minimum absolute atomic E-state index is 0.0256. The fourth-order valence-electron chi connectivity index (χ4n) is 1.82. The minimum Gasteiger partial charge on any atom is -0.497 e. The minimum atomic E-state index is -0.840. The highest BCUT2D eigenvalue weighted by atomic mass is 35.5. The lowest BCUT2D eigenvalue weighted by Gasteiger charge is -2.10. The summed E-state index contributed by atoms with van der Waals surface area (Å²) in [5.41, 5.74) is 0.425. The average Bonchev–Trinajstić information content (AvgIpc) is 2.57. The van der Waals surface area contributed by atoms with E-state index in [1.54, 1.807) is 24.3 Å². The molecule has 0 aromatic heterocycles. The van der Waals surface area contributed by atoms with Crippen LogP contribution in [-0.4, -0.2) is 25.6 Å². The number of ether oxygens (including phenoxy) is 2. The van der Waals surface area contributed by atoms with Crippen molar-refractivity contribution in [1.82, 2.24) is 0 Å². The SMILES string of the molecule is COc1cccc(NC(=O)COC(=O)c2c(Cl)ccc(Cl)c2Cl)c1. The van der Waals surface area contributed by atoms with Crippen LogP contribution in [0, 0.1) is 0 Å². The first-order valence-corrected chi connectivity index (χ1v) is 7.80. The fraction of sp³-hybridized carbons (Fsp3) is 0.125. The van der Waals surface area contributed by atoms with Crippen LogP contribution >= 0.6 is 34.8 Å². The zero-order valence-corrected chi connectivity index (χ0v) is 14.7. The summed E-state index contributed by atoms with van der Waals surface area (Å²) in [7, 11) is 1.52. The summed E-state index contributed by atoms with van der Waals surface area (Å²) < 4.78 is 9.98. The molecular weight excluding hydrogens is 377 g/mol. The number of methoxy groups -OCH3 is 1. The van der Waals surface area contributed by atoms with Crippen molar-refractivity contribution >= 4 is 52.4 Å². The number of esters is 1. The second kappa shape index (κ2) is 8.24. The Morgan fingerprint density at radius 2 is 1.79 bits per heavy atom. The topological polar surface area (TPSA) is 64.6 Å². The molecule has 0 unspecified atom stereocenters. The van der Waals surface area contributed by atoms with E-state index in [9.17, 15) is 9.59 Å². The zero-order chi connectivity index (χ0) is 17.7. The number of nitrogens with one attached hydrogen (secondary N) is 1. The maximum absolute atomic E-state index is 12.0. The van der Waals surface area contributed by atoms with Gasteiger partial charge in [-0.15, -0.1) is 0 Å². The van der Waals surface area contributed by atoms with Gasteiger partial charge >= 0.3 is 5.97 Å². The maximum Gasteiger partial charge on any atom is 0.341 e. The average molecular weight is 389 g/mol. The molecule has 0 saturated carbocycles. The van der Waals surface area contributed by atoms with E-state index in [2.05, 4.69) is 5.32 Å². The van der Waals surface area contributed by atoms with E-state index in [-0.39, 0.29) is 20.6 Å². The molecule has 0 fully saturated rings. The second-order valence-corrected chi connectivity index (χ2v) is 5.77. The molecule has 0 heterocycles. The van der Waals surface area contributed by atoms with Crippen LogP contribution in [0.5, 0.6) is 5.75 Å². The van der Waals surface area contributed by atoms with Gasteiger partial charge in [-0.25, -0.2) is 4.79 Å². The first-order valence-electron chi connectivity index (χ1n) is 6.67. The van der Waals surface area contributed by atoms with Gasteiger partial charge in [0.1, 0.15) is 5.75 Å². The maximum atomic E-state index is 12.0. The molecule has 0 bridgehead atoms. The molecule has 126 valence electrons. The molecule has 0 aliphatic heterocycles. The number of carbonyl (C=O) groups is 2. The quantitative estimate of drug-likeness (QED) is 0.607. The van der Waals surface area contributed by atoms with Crippen LogP contribution in [0.2, 0.25) is 15.1 Å². The first kappa shape index (κ1) is 18.4. The third kappa shape index (κ3) is 4.54. The van der Waals surface area contributed by atoms with E-state index < -0.39 is 18.5 Å². The number of benzene rings is 2. The normalized spacial score (nSPS) is 10.2. The van der Waals surface area contributed by atoms with E-state index in [0.29, 0.717) is 11.4 Å². The standard InChI is InChI=1S/C16H12Cl3NO4/c1-23-10-4-2-3-9(7-10)20-13(21)8-24-16(22)14-11(17)5-6-12(18)15(14)19/h2-7H,8H2,1H3,(H,20,21). The van der Waals surface area contributed by atoms with Crippen LogP contribution in [0.4, 0.5) is 5.69 Å². The Balaban J connectivity index is 1.99. The van der Waals surface area contributed by atoms with Crippen LogP contribution in [0.3, 0.4) is 0 Å². The lowest BCUT2D eigenvalue weighted by atomic mass is 10.2. The van der Waals surface area contributed by atoms with Crippen molar-refractivity contribution in [2.75, 3.05) is 19.0 Å². The number of hydrogen-bond donors (Lipinski definition) is 1. The number of anilines is 1. The number of halogens is 3. The van der Waals surface area contributed by atoms with Gasteiger partial charge in [0.2, 0.25) is 0 Å². The first-order chi connectivity index (χ1) is 11.4. The van der Waals surface area contributed by atoms with Gasteiger partial charge in [0.05, 0.1) is 27.7 Å². The van der Waals surface area contributed by atoms with Crippen LogP contribution in [-0.2, 0) is 9.53 Å². The van der Waals surface area contributed by atoms with Gasteiger partial charge in [0.15, 0.2) is 6.61 Å². The van der Waals surface area contributed by atoms with Gasteiger partial charge < -0.3 is 14.8 Å². The Kier molecular flexibility index (Phi) is 6.31. The van der Waals surface area contributed by atoms with Gasteiger partial charge in [0, 0.05) is 11.8 Å². The summed E-state index contributed by atoms with van der Waals surface area (Å²) in [4.78, 5) is 23.9. The fourth-order valence-corrected chi connectivity index (χ4v) is 2.50. The number of hydrogen-bond acceptors (Lipinski definition) is 4. The predicted octanol–water partition coefficient (Wildman–Crippen LogP) is 4.45. The summed E-state index contributed by atoms with van der Waals surface area (Å²) in [6.07, 6.45) is 0. The summed E-state index contributed by atoms with van der Waals surface area (Å²) in [5, 5.41) is 2.80. The smallest absolute Gasteiger partial charge is 0.341 e. The molecule has 2 aromatic carbocycles. The van der Waals surface area contributed by atoms with E-state index in [0.717, 1.165) is 0 Å². The summed E-state index contributed by atoms with van der Waals surface area (Å²) in [6, 6.07) is 9.63. The lowest BCUT2D eigenvalue weighted by molar-refractivity contribution is -0.119. The van der Waals surface area contributed by atoms with Crippen LogP contribution < -0.4 is 10.1 Å². The molecular formula is C16H12Cl3NO4. The number of amides is 1. The highest BCUT2D eigenvalue weighted by Gasteiger charge is 2.19. The molecule has 8 heteroatoms. The van der Waals surface area contributed by atoms with Crippen LogP contribution in [0.1, 0.15) is 10.4 Å². The third-order valence-electron chi connectivity index (χ3n) is 2.94. The molecule has 0 aliphatic rings. The van der Waals surface area contributed by atoms with Gasteiger partial charge in [-0.3, -0.25) is 4.79 Å². The van der Waals surface area contributed by atoms with Gasteiger partial charge in [-0.2, -0.15) is 0 Å². The monoisotopic (exact) mass is 387 g/mol. The number of carbonyl (C=O) groups excluding carboxylic acids is 2. The van der Waals surface area contributed by atoms with Crippen molar-refractivity contribution in [3.8, 4) is 5.75 Å². The Bertz CT molecular complexity index is 780. The summed E-state index contributed by atoms with van der Waals surface area (Å²) >= 11 is 17.7. The van der Waals surface area contributed by atoms with Crippen LogP contribution in [0.15, 0.2) is 36.4 Å². The van der Waals surface area contributed by atoms with E-state index in [1.807, 2.05) is 0 Å². The van der Waals surface area contributed by atoms with Crippen molar-refractivity contribution in [1.29, 1.82) is 0 Å². The molecule has 5 nitrogen and oxygen atoms in total. The highest BCUT2D eigenvalue weighted by Crippen LogP contribution is 2.31. The van der Waals surface area contributed by atoms with Crippen molar-refractivity contribution in [2.24, 2.45) is 0 Å². The highest BCUT2D eigenvalue weighted by molar-refractivity contribution is 6.46. The van der Waals surface area contributed by atoms with E-state index in [1.165, 1.54) is 19.2 Å². The molecule has 1 N–H and O–H groups in total. The lowest BCUT2D eigenvalue weighted by Crippen LogP contribution is -2.21. The molecule has 24 heavy (non-hydrogen) atoms. The molecule has 0 atom stereocenters. The Labute approximate surface area is 153 Å². The molecule has 0 aliphatic carbocycles. The van der Waals surface area contributed by atoms with Crippen molar-refractivity contribution in [2.45, 2.75) is 0 Å². The molecule has 0 saturated heterocycles. The van der Waals surface area contributed by atoms with Gasteiger partial charge in [-0.05, 0) is 24.3 Å². The zero-order valence-electron chi connectivity index (χ0n) is 12.4. The molecule has 0 radical (unpaired) electrons. The summed E-state index contributed by atoms with van der Waals surface area (Å²) in [6.45, 7) is -0.505. The molecule has 2 aromatic rings. The van der Waals surface area contributed by atoms with Crippen molar-refractivity contribution in [3.63, 3.8) is 0 Å². The van der Waals surface area contributed by atoms with Crippen molar-refractivity contribution in [3.05, 3.63) is 57.0 Å². The Morgan fingerprint density at radius 3 is 2.50 bits per heavy atom. The largest absolute Gasteiger partial charge is 0.497 e. The molecule has 0 spiro atoms. The number of rotatable bonds is 5. The molecule has 1 amide bonds. The summed E-state index contributed by atoms with van der Waals surface area (Å²) in [5.74, 6) is -0.776. The second-order valence-electron chi connectivity index (χ2n) is 4.57.